The molecule has 1 aromatic rings. The Balaban J connectivity index is 0.000000243. The molecule has 0 radical (unpaired) electrons. The molecule has 0 spiro atoms. The smallest absolute Gasteiger partial charge is 0.335 e. The Bertz CT molecular complexity index is 537. The normalized spacial score (nSPS) is 20.0. The fourth-order valence-corrected chi connectivity index (χ4v) is 3.10. The summed E-state index contributed by atoms with van der Waals surface area (Å²) in [5.74, 6) is -0.875. The van der Waals surface area contributed by atoms with Crippen molar-refractivity contribution in [2.24, 2.45) is 0 Å². The Morgan fingerprint density at radius 1 is 1.00 bits per heavy atom. The highest BCUT2D eigenvalue weighted by molar-refractivity contribution is 5.87. The van der Waals surface area contributed by atoms with Gasteiger partial charge in [-0.05, 0) is 70.1 Å². The molecule has 0 atom stereocenters. The lowest BCUT2D eigenvalue weighted by molar-refractivity contribution is -0.241. The Morgan fingerprint density at radius 2 is 1.42 bits per heavy atom. The summed E-state index contributed by atoms with van der Waals surface area (Å²) in [7, 11) is 0. The zero-order valence-corrected chi connectivity index (χ0v) is 16.2. The number of benzene rings is 1. The third-order valence-electron chi connectivity index (χ3n) is 4.72. The van der Waals surface area contributed by atoms with E-state index in [1.807, 2.05) is 12.1 Å². The Morgan fingerprint density at radius 3 is 1.71 bits per heavy atom. The number of piperidine rings is 1. The van der Waals surface area contributed by atoms with E-state index in [2.05, 4.69) is 48.5 Å². The quantitative estimate of drug-likeness (QED) is 0.749. The molecule has 0 bridgehead atoms. The molecule has 1 heterocycles. The van der Waals surface area contributed by atoms with Crippen molar-refractivity contribution in [2.45, 2.75) is 84.2 Å². The molecule has 1 fully saturated rings. The number of rotatable bonds is 1. The molecule has 1 aliphatic rings. The molecule has 0 aliphatic carbocycles. The van der Waals surface area contributed by atoms with Crippen LogP contribution in [0.25, 0.3) is 0 Å². The van der Waals surface area contributed by atoms with Gasteiger partial charge in [-0.3, -0.25) is 0 Å². The molecule has 0 aromatic heterocycles. The summed E-state index contributed by atoms with van der Waals surface area (Å²) in [6, 6.07) is 7.01. The Hall–Kier alpha value is -1.39. The van der Waals surface area contributed by atoms with E-state index in [1.165, 1.54) is 11.5 Å². The second kappa shape index (κ2) is 7.24. The predicted molar refractivity (Wildman–Crippen MR) is 97.7 cm³/mol. The molecule has 2 rings (SSSR count). The van der Waals surface area contributed by atoms with Crippen LogP contribution in [0.5, 0.6) is 0 Å². The van der Waals surface area contributed by atoms with Gasteiger partial charge in [-0.2, -0.15) is 5.06 Å². The fraction of sp³-hybridized carbons (Fsp3) is 0.650. The van der Waals surface area contributed by atoms with Crippen molar-refractivity contribution < 1.29 is 15.1 Å². The Kier molecular flexibility index (Phi) is 6.23. The zero-order chi connectivity index (χ0) is 18.8. The summed E-state index contributed by atoms with van der Waals surface area (Å²) in [4.78, 5) is 10.6. The van der Waals surface area contributed by atoms with Gasteiger partial charge in [0, 0.05) is 11.1 Å². The second-order valence-electron chi connectivity index (χ2n) is 8.92. The summed E-state index contributed by atoms with van der Waals surface area (Å²) >= 11 is 0. The number of hydrogen-bond acceptors (Lipinski definition) is 3. The van der Waals surface area contributed by atoms with Crippen LogP contribution in [0.15, 0.2) is 24.3 Å². The molecule has 1 saturated heterocycles. The maximum Gasteiger partial charge on any atom is 0.335 e. The van der Waals surface area contributed by atoms with Gasteiger partial charge in [0.05, 0.1) is 5.56 Å². The number of hydrogen-bond donors (Lipinski definition) is 2. The summed E-state index contributed by atoms with van der Waals surface area (Å²) in [6.45, 7) is 14.7. The SMILES string of the molecule is CC(C)(C)c1ccc(C(=O)O)cc1.CC1(C)CCCC(C)(C)N1O. The van der Waals surface area contributed by atoms with Gasteiger partial charge < -0.3 is 10.3 Å². The van der Waals surface area contributed by atoms with E-state index in [9.17, 15) is 10.0 Å². The van der Waals surface area contributed by atoms with Crippen molar-refractivity contribution in [3.05, 3.63) is 35.4 Å². The first-order chi connectivity index (χ1) is 10.8. The van der Waals surface area contributed by atoms with Gasteiger partial charge in [0.2, 0.25) is 0 Å². The first kappa shape index (κ1) is 20.7. The maximum atomic E-state index is 10.6. The standard InChI is InChI=1S/C11H14O2.C9H19NO/c1-11(2,3)9-6-4-8(5-7-9)10(12)13;1-8(2)6-5-7-9(3,4)10(8)11/h4-7H,1-3H3,(H,12,13);11H,5-7H2,1-4H3. The minimum absolute atomic E-state index is 0.0399. The maximum absolute atomic E-state index is 10.6. The van der Waals surface area contributed by atoms with Gasteiger partial charge >= 0.3 is 5.97 Å². The summed E-state index contributed by atoms with van der Waals surface area (Å²) < 4.78 is 0. The molecule has 1 aromatic carbocycles. The van der Waals surface area contributed by atoms with Crippen LogP contribution in [0.2, 0.25) is 0 Å². The minimum atomic E-state index is -0.875. The lowest BCUT2D eigenvalue weighted by atomic mass is 9.82. The molecular weight excluding hydrogens is 302 g/mol. The van der Waals surface area contributed by atoms with Crippen molar-refractivity contribution in [3.8, 4) is 0 Å². The molecule has 1 aliphatic heterocycles. The number of carbonyl (C=O) groups is 1. The van der Waals surface area contributed by atoms with Crippen molar-refractivity contribution in [2.75, 3.05) is 0 Å². The van der Waals surface area contributed by atoms with Gasteiger partial charge in [-0.25, -0.2) is 4.79 Å². The molecule has 4 heteroatoms. The zero-order valence-electron chi connectivity index (χ0n) is 16.2. The topological polar surface area (TPSA) is 60.8 Å². The van der Waals surface area contributed by atoms with E-state index in [-0.39, 0.29) is 16.5 Å². The van der Waals surface area contributed by atoms with Crippen LogP contribution >= 0.6 is 0 Å². The third-order valence-corrected chi connectivity index (χ3v) is 4.72. The monoisotopic (exact) mass is 335 g/mol. The lowest BCUT2D eigenvalue weighted by Crippen LogP contribution is -2.56. The molecule has 24 heavy (non-hydrogen) atoms. The average Bonchev–Trinajstić information content (AvgIpc) is 2.44. The highest BCUT2D eigenvalue weighted by atomic mass is 16.5. The fourth-order valence-electron chi connectivity index (χ4n) is 3.10. The second-order valence-corrected chi connectivity index (χ2v) is 8.92. The number of carboxylic acids is 1. The summed E-state index contributed by atoms with van der Waals surface area (Å²) in [5, 5.41) is 20.0. The van der Waals surface area contributed by atoms with Crippen LogP contribution in [0.1, 0.15) is 83.7 Å². The van der Waals surface area contributed by atoms with Crippen LogP contribution in [-0.4, -0.2) is 32.4 Å². The first-order valence-corrected chi connectivity index (χ1v) is 8.60. The van der Waals surface area contributed by atoms with Crippen LogP contribution in [0, 0.1) is 0 Å². The van der Waals surface area contributed by atoms with Crippen LogP contribution in [0.3, 0.4) is 0 Å². The lowest BCUT2D eigenvalue weighted by Gasteiger charge is -2.48. The van der Waals surface area contributed by atoms with Crippen molar-refractivity contribution >= 4 is 5.97 Å². The first-order valence-electron chi connectivity index (χ1n) is 8.60. The van der Waals surface area contributed by atoms with E-state index in [1.54, 1.807) is 12.1 Å². The molecule has 0 saturated carbocycles. The predicted octanol–water partition coefficient (Wildman–Crippen LogP) is 5.10. The third kappa shape index (κ3) is 5.32. The van der Waals surface area contributed by atoms with E-state index < -0.39 is 5.97 Å². The molecule has 2 N–H and O–H groups in total. The molecule has 0 amide bonds. The summed E-state index contributed by atoms with van der Waals surface area (Å²) in [6.07, 6.45) is 3.40. The van der Waals surface area contributed by atoms with E-state index >= 15 is 0 Å². The van der Waals surface area contributed by atoms with E-state index in [4.69, 9.17) is 5.11 Å². The number of hydroxylamine groups is 2. The van der Waals surface area contributed by atoms with E-state index in [0.717, 1.165) is 18.4 Å². The van der Waals surface area contributed by atoms with E-state index in [0.29, 0.717) is 5.56 Å². The van der Waals surface area contributed by atoms with Crippen LogP contribution in [0.4, 0.5) is 0 Å². The highest BCUT2D eigenvalue weighted by Gasteiger charge is 2.40. The molecule has 4 nitrogen and oxygen atoms in total. The van der Waals surface area contributed by atoms with Crippen LogP contribution in [-0.2, 0) is 5.41 Å². The number of nitrogens with zero attached hydrogens (tertiary/aromatic N) is 1. The van der Waals surface area contributed by atoms with Crippen molar-refractivity contribution in [1.82, 2.24) is 5.06 Å². The summed E-state index contributed by atoms with van der Waals surface area (Å²) in [5.41, 5.74) is 1.49. The van der Waals surface area contributed by atoms with Crippen LogP contribution < -0.4 is 0 Å². The largest absolute Gasteiger partial charge is 0.478 e. The van der Waals surface area contributed by atoms with Crippen molar-refractivity contribution in [3.63, 3.8) is 0 Å². The number of carboxylic acid groups (broad SMARTS) is 1. The van der Waals surface area contributed by atoms with Gasteiger partial charge in [-0.15, -0.1) is 0 Å². The van der Waals surface area contributed by atoms with Gasteiger partial charge in [0.15, 0.2) is 0 Å². The minimum Gasteiger partial charge on any atom is -0.478 e. The molecule has 0 unspecified atom stereocenters. The molecule has 136 valence electrons. The number of aromatic carboxylic acids is 1. The van der Waals surface area contributed by atoms with Gasteiger partial charge in [-0.1, -0.05) is 32.9 Å². The van der Waals surface area contributed by atoms with Gasteiger partial charge in [0.25, 0.3) is 0 Å². The Labute approximate surface area is 146 Å². The molecular formula is C20H33NO3. The highest BCUT2D eigenvalue weighted by Crippen LogP contribution is 2.36. The van der Waals surface area contributed by atoms with Crippen molar-refractivity contribution in [1.29, 1.82) is 0 Å². The van der Waals surface area contributed by atoms with Gasteiger partial charge in [0.1, 0.15) is 0 Å². The average molecular weight is 335 g/mol.